The van der Waals surface area contributed by atoms with Gasteiger partial charge in [0.15, 0.2) is 0 Å². The van der Waals surface area contributed by atoms with Crippen LogP contribution in [-0.2, 0) is 19.6 Å². The number of amides is 2. The third kappa shape index (κ3) is 4.90. The van der Waals surface area contributed by atoms with E-state index in [9.17, 15) is 26.8 Å². The Kier molecular flexibility index (Phi) is 6.72. The quantitative estimate of drug-likeness (QED) is 0.668. The van der Waals surface area contributed by atoms with Crippen molar-refractivity contribution in [1.29, 1.82) is 0 Å². The van der Waals surface area contributed by atoms with Crippen molar-refractivity contribution in [3.05, 3.63) is 35.4 Å². The highest BCUT2D eigenvalue weighted by atomic mass is 32.2. The number of piperidine rings is 1. The van der Waals surface area contributed by atoms with Crippen molar-refractivity contribution in [2.45, 2.75) is 30.9 Å². The van der Waals surface area contributed by atoms with Gasteiger partial charge in [0.25, 0.3) is 0 Å². The molecule has 0 saturated carbocycles. The van der Waals surface area contributed by atoms with Gasteiger partial charge in [-0.05, 0) is 31.0 Å². The van der Waals surface area contributed by atoms with Crippen LogP contribution in [0.3, 0.4) is 0 Å². The zero-order chi connectivity index (χ0) is 20.3. The lowest BCUT2D eigenvalue weighted by molar-refractivity contribution is -0.147. The van der Waals surface area contributed by atoms with Crippen LogP contribution in [0.25, 0.3) is 0 Å². The SMILES string of the molecule is O=C1CCCC(=O)N1CCS(=O)(=O)N1CCSC(c2cc(F)ccc2F)CC1. The van der Waals surface area contributed by atoms with Crippen LogP contribution in [0, 0.1) is 11.6 Å². The number of hydrogen-bond acceptors (Lipinski definition) is 5. The molecule has 1 unspecified atom stereocenters. The lowest BCUT2D eigenvalue weighted by Crippen LogP contribution is -2.45. The Morgan fingerprint density at radius 1 is 1.11 bits per heavy atom. The Morgan fingerprint density at radius 2 is 1.82 bits per heavy atom. The van der Waals surface area contributed by atoms with Crippen molar-refractivity contribution in [3.8, 4) is 0 Å². The Bertz CT molecular complexity index is 847. The zero-order valence-corrected chi connectivity index (χ0v) is 16.9. The molecule has 154 valence electrons. The molecular formula is C18H22F2N2O4S2. The Balaban J connectivity index is 1.63. The monoisotopic (exact) mass is 432 g/mol. The maximum absolute atomic E-state index is 14.0. The van der Waals surface area contributed by atoms with Crippen molar-refractivity contribution >= 4 is 33.6 Å². The summed E-state index contributed by atoms with van der Waals surface area (Å²) in [4.78, 5) is 24.7. The molecule has 0 bridgehead atoms. The fourth-order valence-corrected chi connectivity index (χ4v) is 6.21. The number of imide groups is 1. The molecule has 0 aliphatic carbocycles. The van der Waals surface area contributed by atoms with Crippen LogP contribution in [0.15, 0.2) is 18.2 Å². The minimum Gasteiger partial charge on any atom is -0.282 e. The molecule has 28 heavy (non-hydrogen) atoms. The van der Waals surface area contributed by atoms with Crippen LogP contribution in [0.4, 0.5) is 8.78 Å². The van der Waals surface area contributed by atoms with Gasteiger partial charge in [-0.3, -0.25) is 14.5 Å². The number of hydrogen-bond donors (Lipinski definition) is 0. The smallest absolute Gasteiger partial charge is 0.229 e. The summed E-state index contributed by atoms with van der Waals surface area (Å²) in [5, 5.41) is -0.332. The summed E-state index contributed by atoms with van der Waals surface area (Å²) in [5.74, 6) is -1.58. The van der Waals surface area contributed by atoms with Crippen molar-refractivity contribution in [1.82, 2.24) is 9.21 Å². The van der Waals surface area contributed by atoms with Crippen LogP contribution in [0.2, 0.25) is 0 Å². The molecule has 0 spiro atoms. The first-order chi connectivity index (χ1) is 13.3. The van der Waals surface area contributed by atoms with Gasteiger partial charge in [-0.15, -0.1) is 0 Å². The Labute approximate surface area is 167 Å². The van der Waals surface area contributed by atoms with Crippen molar-refractivity contribution < 1.29 is 26.8 Å². The van der Waals surface area contributed by atoms with Crippen molar-refractivity contribution in [2.24, 2.45) is 0 Å². The van der Waals surface area contributed by atoms with Crippen molar-refractivity contribution in [2.75, 3.05) is 31.1 Å². The number of likely N-dealkylation sites (tertiary alicyclic amines) is 1. The van der Waals surface area contributed by atoms with E-state index >= 15 is 0 Å². The van der Waals surface area contributed by atoms with E-state index in [4.69, 9.17) is 0 Å². The molecule has 2 amide bonds. The van der Waals surface area contributed by atoms with E-state index in [-0.39, 0.29) is 60.9 Å². The molecule has 1 atom stereocenters. The number of thioether (sulfide) groups is 1. The number of carbonyl (C=O) groups excluding carboxylic acids is 2. The molecule has 0 N–H and O–H groups in total. The number of halogens is 2. The van der Waals surface area contributed by atoms with Gasteiger partial charge >= 0.3 is 0 Å². The molecule has 2 heterocycles. The number of nitrogens with zero attached hydrogens (tertiary/aromatic N) is 2. The number of benzene rings is 1. The van der Waals surface area contributed by atoms with E-state index in [0.29, 0.717) is 18.6 Å². The first kappa shape index (κ1) is 21.2. The van der Waals surface area contributed by atoms with Gasteiger partial charge in [-0.25, -0.2) is 21.5 Å². The maximum Gasteiger partial charge on any atom is 0.229 e. The zero-order valence-electron chi connectivity index (χ0n) is 15.3. The summed E-state index contributed by atoms with van der Waals surface area (Å²) in [6.07, 6.45) is 1.37. The minimum atomic E-state index is -3.67. The van der Waals surface area contributed by atoms with E-state index in [1.807, 2.05) is 0 Å². The summed E-state index contributed by atoms with van der Waals surface area (Å²) in [7, 11) is -3.67. The lowest BCUT2D eigenvalue weighted by Gasteiger charge is -2.26. The molecular weight excluding hydrogens is 410 g/mol. The fourth-order valence-electron chi connectivity index (χ4n) is 3.42. The molecule has 0 aromatic heterocycles. The summed E-state index contributed by atoms with van der Waals surface area (Å²) >= 11 is 1.40. The molecule has 1 aromatic carbocycles. The second kappa shape index (κ2) is 8.87. The van der Waals surface area contributed by atoms with Crippen LogP contribution in [-0.4, -0.2) is 60.6 Å². The van der Waals surface area contributed by atoms with Crippen LogP contribution < -0.4 is 0 Å². The first-order valence-electron chi connectivity index (χ1n) is 9.15. The predicted molar refractivity (Wildman–Crippen MR) is 102 cm³/mol. The molecule has 0 radical (unpaired) electrons. The van der Waals surface area contributed by atoms with E-state index in [1.54, 1.807) is 0 Å². The van der Waals surface area contributed by atoms with Gasteiger partial charge in [0.2, 0.25) is 21.8 Å². The molecule has 2 aliphatic heterocycles. The predicted octanol–water partition coefficient (Wildman–Crippen LogP) is 2.31. The standard InChI is InChI=1S/C18H22F2N2O4S2/c19-13-4-5-15(20)14(12-13)16-6-7-21(8-10-27-16)28(25,26)11-9-22-17(23)2-1-3-18(22)24/h4-5,12,16H,1-3,6-11H2. The van der Waals surface area contributed by atoms with E-state index in [0.717, 1.165) is 23.1 Å². The lowest BCUT2D eigenvalue weighted by atomic mass is 10.1. The van der Waals surface area contributed by atoms with Crippen LogP contribution in [0.1, 0.15) is 36.5 Å². The number of sulfonamides is 1. The summed E-state index contributed by atoms with van der Waals surface area (Å²) in [6.45, 7) is 0.284. The summed E-state index contributed by atoms with van der Waals surface area (Å²) in [5.41, 5.74) is 0.244. The maximum atomic E-state index is 14.0. The number of rotatable bonds is 5. The first-order valence-corrected chi connectivity index (χ1v) is 11.8. The Morgan fingerprint density at radius 3 is 2.54 bits per heavy atom. The molecule has 3 rings (SSSR count). The molecule has 2 aliphatic rings. The third-order valence-electron chi connectivity index (χ3n) is 4.95. The summed E-state index contributed by atoms with van der Waals surface area (Å²) < 4.78 is 54.2. The second-order valence-corrected chi connectivity index (χ2v) is 10.2. The summed E-state index contributed by atoms with van der Waals surface area (Å²) in [6, 6.07) is 3.29. The minimum absolute atomic E-state index is 0.147. The average molecular weight is 433 g/mol. The van der Waals surface area contributed by atoms with Crippen molar-refractivity contribution in [3.63, 3.8) is 0 Å². The Hall–Kier alpha value is -1.52. The van der Waals surface area contributed by atoms with Gasteiger partial charge in [0.05, 0.1) is 5.75 Å². The van der Waals surface area contributed by atoms with E-state index in [1.165, 1.54) is 16.1 Å². The van der Waals surface area contributed by atoms with E-state index < -0.39 is 21.7 Å². The highest BCUT2D eigenvalue weighted by Crippen LogP contribution is 2.36. The van der Waals surface area contributed by atoms with Gasteiger partial charge in [0.1, 0.15) is 11.6 Å². The van der Waals surface area contributed by atoms with E-state index in [2.05, 4.69) is 0 Å². The topological polar surface area (TPSA) is 74.8 Å². The largest absolute Gasteiger partial charge is 0.282 e. The van der Waals surface area contributed by atoms with Crippen LogP contribution >= 0.6 is 11.8 Å². The number of carbonyl (C=O) groups is 2. The molecule has 2 saturated heterocycles. The van der Waals surface area contributed by atoms with Gasteiger partial charge in [0, 0.05) is 49.0 Å². The third-order valence-corrected chi connectivity index (χ3v) is 8.12. The van der Waals surface area contributed by atoms with Gasteiger partial charge in [-0.2, -0.15) is 11.8 Å². The average Bonchev–Trinajstić information content (AvgIpc) is 2.90. The normalized spacial score (nSPS) is 22.4. The fraction of sp³-hybridized carbons (Fsp3) is 0.556. The van der Waals surface area contributed by atoms with Gasteiger partial charge < -0.3 is 0 Å². The highest BCUT2D eigenvalue weighted by molar-refractivity contribution is 7.99. The highest BCUT2D eigenvalue weighted by Gasteiger charge is 2.31. The second-order valence-electron chi connectivity index (χ2n) is 6.82. The van der Waals surface area contributed by atoms with Crippen LogP contribution in [0.5, 0.6) is 0 Å². The molecule has 2 fully saturated rings. The molecule has 6 nitrogen and oxygen atoms in total. The molecule has 10 heteroatoms. The van der Waals surface area contributed by atoms with Gasteiger partial charge in [-0.1, -0.05) is 0 Å². The molecule has 1 aromatic rings.